The van der Waals surface area contributed by atoms with Gasteiger partial charge in [-0.2, -0.15) is 0 Å². The first kappa shape index (κ1) is 22.5. The summed E-state index contributed by atoms with van der Waals surface area (Å²) in [5.41, 5.74) is 6.29. The number of halogens is 3. The van der Waals surface area contributed by atoms with Gasteiger partial charge in [-0.25, -0.2) is 13.8 Å². The van der Waals surface area contributed by atoms with E-state index in [4.69, 9.17) is 22.1 Å². The fourth-order valence-electron chi connectivity index (χ4n) is 3.53. The monoisotopic (exact) mass is 472 g/mol. The van der Waals surface area contributed by atoms with Crippen molar-refractivity contribution in [2.45, 2.75) is 12.8 Å². The van der Waals surface area contributed by atoms with E-state index in [0.29, 0.717) is 25.1 Å². The first-order chi connectivity index (χ1) is 15.8. The minimum atomic E-state index is -0.943. The first-order valence-electron chi connectivity index (χ1n) is 10.1. The van der Waals surface area contributed by atoms with Crippen LogP contribution in [0.3, 0.4) is 0 Å². The molecule has 0 aliphatic carbocycles. The van der Waals surface area contributed by atoms with Gasteiger partial charge < -0.3 is 20.7 Å². The quantitative estimate of drug-likeness (QED) is 0.521. The Morgan fingerprint density at radius 3 is 2.64 bits per heavy atom. The van der Waals surface area contributed by atoms with Gasteiger partial charge in [-0.15, -0.1) is 0 Å². The predicted molar refractivity (Wildman–Crippen MR) is 120 cm³/mol. The number of pyridine rings is 1. The SMILES string of the molecule is Nc1nccc(Oc2ccc(NC(=O)C3CCCN(c4ccc(F)cc4)C3=O)cc2F)c1Cl. The van der Waals surface area contributed by atoms with Crippen molar-refractivity contribution in [3.8, 4) is 11.5 Å². The Labute approximate surface area is 193 Å². The molecule has 3 N–H and O–H groups in total. The van der Waals surface area contributed by atoms with Crippen molar-refractivity contribution in [2.75, 3.05) is 22.5 Å². The highest BCUT2D eigenvalue weighted by Crippen LogP contribution is 2.34. The Balaban J connectivity index is 1.45. The molecule has 2 aromatic carbocycles. The van der Waals surface area contributed by atoms with E-state index in [1.807, 2.05) is 0 Å². The van der Waals surface area contributed by atoms with Crippen molar-refractivity contribution >= 4 is 40.6 Å². The van der Waals surface area contributed by atoms with Gasteiger partial charge in [-0.3, -0.25) is 9.59 Å². The summed E-state index contributed by atoms with van der Waals surface area (Å²) < 4.78 is 33.2. The highest BCUT2D eigenvalue weighted by atomic mass is 35.5. The Morgan fingerprint density at radius 1 is 1.15 bits per heavy atom. The number of hydrogen-bond acceptors (Lipinski definition) is 5. The number of carbonyl (C=O) groups excluding carboxylic acids is 2. The number of nitrogens with two attached hydrogens (primary N) is 1. The van der Waals surface area contributed by atoms with Crippen molar-refractivity contribution in [1.82, 2.24) is 4.98 Å². The maximum atomic E-state index is 14.6. The summed E-state index contributed by atoms with van der Waals surface area (Å²) in [6.45, 7) is 0.428. The zero-order valence-electron chi connectivity index (χ0n) is 17.2. The zero-order chi connectivity index (χ0) is 23.5. The van der Waals surface area contributed by atoms with Gasteiger partial charge >= 0.3 is 0 Å². The summed E-state index contributed by atoms with van der Waals surface area (Å²) in [6, 6.07) is 10.8. The number of amides is 2. The van der Waals surface area contributed by atoms with Crippen LogP contribution in [0.15, 0.2) is 54.7 Å². The van der Waals surface area contributed by atoms with E-state index < -0.39 is 29.4 Å². The normalized spacial score (nSPS) is 15.9. The fourth-order valence-corrected chi connectivity index (χ4v) is 3.68. The Hall–Kier alpha value is -3.72. The van der Waals surface area contributed by atoms with Crippen molar-refractivity contribution in [3.63, 3.8) is 0 Å². The van der Waals surface area contributed by atoms with Gasteiger partial charge in [-0.05, 0) is 49.2 Å². The van der Waals surface area contributed by atoms with E-state index >= 15 is 0 Å². The molecule has 170 valence electrons. The van der Waals surface area contributed by atoms with Gasteiger partial charge in [0.25, 0.3) is 0 Å². The lowest BCUT2D eigenvalue weighted by Crippen LogP contribution is -2.46. The lowest BCUT2D eigenvalue weighted by molar-refractivity contribution is -0.132. The third kappa shape index (κ3) is 4.88. The second-order valence-electron chi connectivity index (χ2n) is 7.41. The number of rotatable bonds is 5. The van der Waals surface area contributed by atoms with Crippen LogP contribution < -0.4 is 20.7 Å². The number of nitrogens with one attached hydrogen (secondary N) is 1. The summed E-state index contributed by atoms with van der Waals surface area (Å²) in [5.74, 6) is -3.00. The molecular weight excluding hydrogens is 454 g/mol. The van der Waals surface area contributed by atoms with Gasteiger partial charge in [0, 0.05) is 36.2 Å². The molecule has 10 heteroatoms. The van der Waals surface area contributed by atoms with Gasteiger partial charge in [0.05, 0.1) is 0 Å². The minimum Gasteiger partial charge on any atom is -0.453 e. The molecule has 2 heterocycles. The van der Waals surface area contributed by atoms with Crippen molar-refractivity contribution in [3.05, 3.63) is 71.4 Å². The standard InChI is InChI=1S/C23H19ClF2N4O3/c24-20-19(9-10-28-21(20)27)33-18-8-5-14(12-17(18)26)29-22(31)16-2-1-11-30(23(16)32)15-6-3-13(25)4-7-15/h3-10,12,16H,1-2,11H2,(H2,27,28)(H,29,31). The molecule has 33 heavy (non-hydrogen) atoms. The van der Waals surface area contributed by atoms with E-state index in [-0.39, 0.29) is 28.0 Å². The first-order valence-corrected chi connectivity index (χ1v) is 10.5. The second kappa shape index (κ2) is 9.41. The number of carbonyl (C=O) groups is 2. The summed E-state index contributed by atoms with van der Waals surface area (Å²) in [6.07, 6.45) is 2.33. The van der Waals surface area contributed by atoms with Crippen molar-refractivity contribution in [1.29, 1.82) is 0 Å². The predicted octanol–water partition coefficient (Wildman–Crippen LogP) is 4.77. The molecule has 1 aromatic heterocycles. The maximum absolute atomic E-state index is 14.6. The Bertz CT molecular complexity index is 1210. The topological polar surface area (TPSA) is 97.6 Å². The minimum absolute atomic E-state index is 0.0466. The number of anilines is 3. The third-order valence-electron chi connectivity index (χ3n) is 5.19. The molecule has 0 spiro atoms. The summed E-state index contributed by atoms with van der Waals surface area (Å²) in [5, 5.41) is 2.63. The van der Waals surface area contributed by atoms with Crippen LogP contribution in [0, 0.1) is 17.6 Å². The van der Waals surface area contributed by atoms with Crippen molar-refractivity contribution < 1.29 is 23.1 Å². The smallest absolute Gasteiger partial charge is 0.239 e. The Kier molecular flexibility index (Phi) is 6.41. The molecule has 1 aliphatic heterocycles. The second-order valence-corrected chi connectivity index (χ2v) is 7.78. The van der Waals surface area contributed by atoms with Crippen LogP contribution in [0.4, 0.5) is 26.0 Å². The molecule has 0 saturated carbocycles. The largest absolute Gasteiger partial charge is 0.453 e. The van der Waals surface area contributed by atoms with Gasteiger partial charge in [0.1, 0.15) is 22.6 Å². The highest BCUT2D eigenvalue weighted by molar-refractivity contribution is 6.34. The van der Waals surface area contributed by atoms with Crippen molar-refractivity contribution in [2.24, 2.45) is 5.92 Å². The highest BCUT2D eigenvalue weighted by Gasteiger charge is 2.35. The van der Waals surface area contributed by atoms with E-state index in [1.165, 1.54) is 53.6 Å². The van der Waals surface area contributed by atoms with E-state index in [9.17, 15) is 18.4 Å². The van der Waals surface area contributed by atoms with Gasteiger partial charge in [-0.1, -0.05) is 11.6 Å². The molecular formula is C23H19ClF2N4O3. The summed E-state index contributed by atoms with van der Waals surface area (Å²) in [4.78, 5) is 30.9. The lowest BCUT2D eigenvalue weighted by atomic mass is 9.95. The summed E-state index contributed by atoms with van der Waals surface area (Å²) >= 11 is 6.01. The van der Waals surface area contributed by atoms with E-state index in [2.05, 4.69) is 10.3 Å². The molecule has 1 saturated heterocycles. The number of aromatic nitrogens is 1. The van der Waals surface area contributed by atoms with E-state index in [1.54, 1.807) is 0 Å². The number of nitrogens with zero attached hydrogens (tertiary/aromatic N) is 2. The molecule has 3 aromatic rings. The number of piperidine rings is 1. The molecule has 1 fully saturated rings. The lowest BCUT2D eigenvalue weighted by Gasteiger charge is -2.31. The van der Waals surface area contributed by atoms with Crippen LogP contribution in [0.5, 0.6) is 11.5 Å². The third-order valence-corrected chi connectivity index (χ3v) is 5.57. The van der Waals surface area contributed by atoms with E-state index in [0.717, 1.165) is 6.07 Å². The van der Waals surface area contributed by atoms with Crippen LogP contribution in [-0.4, -0.2) is 23.3 Å². The molecule has 0 bridgehead atoms. The molecule has 2 amide bonds. The average Bonchev–Trinajstić information content (AvgIpc) is 2.79. The zero-order valence-corrected chi connectivity index (χ0v) is 18.0. The number of hydrogen-bond donors (Lipinski definition) is 2. The number of ether oxygens (including phenoxy) is 1. The number of benzene rings is 2. The van der Waals surface area contributed by atoms with Crippen LogP contribution >= 0.6 is 11.6 Å². The van der Waals surface area contributed by atoms with Crippen LogP contribution in [0.1, 0.15) is 12.8 Å². The van der Waals surface area contributed by atoms with Crippen LogP contribution in [-0.2, 0) is 9.59 Å². The summed E-state index contributed by atoms with van der Waals surface area (Å²) in [7, 11) is 0. The molecule has 4 rings (SSSR count). The number of nitrogen functional groups attached to an aromatic ring is 1. The van der Waals surface area contributed by atoms with Crippen LogP contribution in [0.25, 0.3) is 0 Å². The molecule has 7 nitrogen and oxygen atoms in total. The molecule has 1 atom stereocenters. The fraction of sp³-hybridized carbons (Fsp3) is 0.174. The van der Waals surface area contributed by atoms with Gasteiger partial charge in [0.2, 0.25) is 11.8 Å². The molecule has 1 unspecified atom stereocenters. The van der Waals surface area contributed by atoms with Gasteiger partial charge in [0.15, 0.2) is 17.3 Å². The molecule has 1 aliphatic rings. The van der Waals surface area contributed by atoms with Crippen LogP contribution in [0.2, 0.25) is 5.02 Å². The maximum Gasteiger partial charge on any atom is 0.239 e. The average molecular weight is 473 g/mol. The Morgan fingerprint density at radius 2 is 1.91 bits per heavy atom. The molecule has 0 radical (unpaired) electrons.